The van der Waals surface area contributed by atoms with Gasteiger partial charge in [-0.2, -0.15) is 0 Å². The summed E-state index contributed by atoms with van der Waals surface area (Å²) in [5.41, 5.74) is -0.0493. The first-order chi connectivity index (χ1) is 8.66. The average Bonchev–Trinajstić information content (AvgIpc) is 2.60. The van der Waals surface area contributed by atoms with Crippen LogP contribution in [0.2, 0.25) is 5.02 Å². The zero-order valence-electron chi connectivity index (χ0n) is 10.1. The molecule has 0 aliphatic heterocycles. The molecule has 0 amide bonds. The topological polar surface area (TPSA) is 68.1 Å². The van der Waals surface area contributed by atoms with E-state index in [0.717, 1.165) is 12.8 Å². The fraction of sp³-hybridized carbons (Fsp3) is 0.583. The van der Waals surface area contributed by atoms with Gasteiger partial charge in [0, 0.05) is 18.3 Å². The third kappa shape index (κ3) is 3.32. The molecule has 5 nitrogen and oxygen atoms in total. The molecule has 1 aromatic rings. The van der Waals surface area contributed by atoms with Crippen molar-refractivity contribution in [3.8, 4) is 0 Å². The van der Waals surface area contributed by atoms with E-state index in [1.54, 1.807) is 0 Å². The Hall–Kier alpha value is -1.36. The number of anilines is 1. The molecule has 0 saturated heterocycles. The van der Waals surface area contributed by atoms with Crippen molar-refractivity contribution in [3.05, 3.63) is 27.4 Å². The first kappa shape index (κ1) is 13.1. The van der Waals surface area contributed by atoms with Gasteiger partial charge in [0.05, 0.1) is 9.95 Å². The highest BCUT2D eigenvalue weighted by atomic mass is 35.5. The number of rotatable bonds is 3. The second kappa shape index (κ2) is 6.00. The second-order valence-electron chi connectivity index (χ2n) is 4.61. The van der Waals surface area contributed by atoms with E-state index in [1.165, 1.54) is 37.9 Å². The predicted molar refractivity (Wildman–Crippen MR) is 71.0 cm³/mol. The molecular formula is C12H16ClN3O2. The first-order valence-electron chi connectivity index (χ1n) is 6.23. The molecule has 1 heterocycles. The predicted octanol–water partition coefficient (Wildman–Crippen LogP) is 3.78. The third-order valence-corrected chi connectivity index (χ3v) is 3.43. The van der Waals surface area contributed by atoms with Crippen molar-refractivity contribution in [3.63, 3.8) is 0 Å². The van der Waals surface area contributed by atoms with Gasteiger partial charge in [0.2, 0.25) is 5.82 Å². The maximum Gasteiger partial charge on any atom is 0.312 e. The van der Waals surface area contributed by atoms with Gasteiger partial charge in [0.15, 0.2) is 0 Å². The second-order valence-corrected chi connectivity index (χ2v) is 5.05. The fourth-order valence-electron chi connectivity index (χ4n) is 2.30. The molecule has 0 unspecified atom stereocenters. The Morgan fingerprint density at radius 1 is 1.33 bits per heavy atom. The lowest BCUT2D eigenvalue weighted by molar-refractivity contribution is -0.384. The highest BCUT2D eigenvalue weighted by Gasteiger charge is 2.20. The van der Waals surface area contributed by atoms with Crippen molar-refractivity contribution in [1.82, 2.24) is 4.98 Å². The van der Waals surface area contributed by atoms with Crippen molar-refractivity contribution in [1.29, 1.82) is 0 Å². The van der Waals surface area contributed by atoms with Crippen LogP contribution in [0.15, 0.2) is 12.3 Å². The highest BCUT2D eigenvalue weighted by Crippen LogP contribution is 2.28. The van der Waals surface area contributed by atoms with Crippen LogP contribution in [-0.4, -0.2) is 15.9 Å². The van der Waals surface area contributed by atoms with Crippen LogP contribution in [0.3, 0.4) is 0 Å². The maximum atomic E-state index is 11.0. The molecule has 1 saturated carbocycles. The van der Waals surface area contributed by atoms with E-state index in [-0.39, 0.29) is 16.8 Å². The first-order valence-corrected chi connectivity index (χ1v) is 6.61. The van der Waals surface area contributed by atoms with Crippen molar-refractivity contribution < 1.29 is 4.92 Å². The Bertz CT molecular complexity index is 431. The van der Waals surface area contributed by atoms with Crippen LogP contribution >= 0.6 is 11.6 Å². The Labute approximate surface area is 111 Å². The van der Waals surface area contributed by atoms with E-state index in [1.807, 2.05) is 0 Å². The zero-order chi connectivity index (χ0) is 13.0. The lowest BCUT2D eigenvalue weighted by Gasteiger charge is -2.16. The van der Waals surface area contributed by atoms with Crippen molar-refractivity contribution in [2.45, 2.75) is 44.6 Å². The van der Waals surface area contributed by atoms with Crippen LogP contribution in [0.5, 0.6) is 0 Å². The zero-order valence-corrected chi connectivity index (χ0v) is 10.8. The Balaban J connectivity index is 2.14. The molecule has 0 radical (unpaired) electrons. The van der Waals surface area contributed by atoms with Crippen molar-refractivity contribution >= 4 is 23.1 Å². The SMILES string of the molecule is O=[N+]([O-])c1cc(Cl)cnc1NC1CCCCCC1. The van der Waals surface area contributed by atoms with Crippen LogP contribution in [0.4, 0.5) is 11.5 Å². The maximum absolute atomic E-state index is 11.0. The molecule has 1 aliphatic carbocycles. The molecule has 6 heteroatoms. The van der Waals surface area contributed by atoms with Gasteiger partial charge >= 0.3 is 5.69 Å². The van der Waals surface area contributed by atoms with Gasteiger partial charge in [0.1, 0.15) is 0 Å². The molecule has 1 fully saturated rings. The van der Waals surface area contributed by atoms with Gasteiger partial charge in [-0.25, -0.2) is 4.98 Å². The summed E-state index contributed by atoms with van der Waals surface area (Å²) < 4.78 is 0. The fourth-order valence-corrected chi connectivity index (χ4v) is 2.45. The number of pyridine rings is 1. The van der Waals surface area contributed by atoms with Gasteiger partial charge in [-0.1, -0.05) is 37.3 Å². The molecule has 1 aliphatic rings. The van der Waals surface area contributed by atoms with E-state index in [2.05, 4.69) is 10.3 Å². The summed E-state index contributed by atoms with van der Waals surface area (Å²) in [5.74, 6) is 0.330. The van der Waals surface area contributed by atoms with Gasteiger partial charge in [0.25, 0.3) is 0 Å². The molecule has 2 rings (SSSR count). The van der Waals surface area contributed by atoms with Crippen LogP contribution < -0.4 is 5.32 Å². The lowest BCUT2D eigenvalue weighted by Crippen LogP contribution is -2.19. The monoisotopic (exact) mass is 269 g/mol. The number of hydrogen-bond acceptors (Lipinski definition) is 4. The van der Waals surface area contributed by atoms with Gasteiger partial charge in [-0.3, -0.25) is 10.1 Å². The van der Waals surface area contributed by atoms with Crippen LogP contribution in [0.25, 0.3) is 0 Å². The van der Waals surface area contributed by atoms with Crippen LogP contribution in [0, 0.1) is 10.1 Å². The molecule has 18 heavy (non-hydrogen) atoms. The van der Waals surface area contributed by atoms with Crippen molar-refractivity contribution in [2.75, 3.05) is 5.32 Å². The minimum atomic E-state index is -0.447. The number of aromatic nitrogens is 1. The summed E-state index contributed by atoms with van der Waals surface area (Å²) >= 11 is 5.74. The number of nitro groups is 1. The number of hydrogen-bond donors (Lipinski definition) is 1. The standard InChI is InChI=1S/C12H16ClN3O2/c13-9-7-11(16(17)18)12(14-8-9)15-10-5-3-1-2-4-6-10/h7-8,10H,1-6H2,(H,14,15). The smallest absolute Gasteiger partial charge is 0.312 e. The average molecular weight is 270 g/mol. The van der Waals surface area contributed by atoms with E-state index in [4.69, 9.17) is 11.6 Å². The molecule has 98 valence electrons. The normalized spacial score (nSPS) is 17.2. The number of nitrogens with one attached hydrogen (secondary N) is 1. The molecule has 0 bridgehead atoms. The van der Waals surface area contributed by atoms with E-state index in [9.17, 15) is 10.1 Å². The highest BCUT2D eigenvalue weighted by molar-refractivity contribution is 6.30. The van der Waals surface area contributed by atoms with Gasteiger partial charge in [-0.15, -0.1) is 0 Å². The number of halogens is 1. The van der Waals surface area contributed by atoms with Gasteiger partial charge in [-0.05, 0) is 12.8 Å². The Morgan fingerprint density at radius 2 is 2.00 bits per heavy atom. The molecule has 0 atom stereocenters. The quantitative estimate of drug-likeness (QED) is 0.515. The lowest BCUT2D eigenvalue weighted by atomic mass is 10.1. The van der Waals surface area contributed by atoms with E-state index in [0.29, 0.717) is 5.82 Å². The summed E-state index contributed by atoms with van der Waals surface area (Å²) in [6, 6.07) is 1.62. The van der Waals surface area contributed by atoms with Crippen LogP contribution in [-0.2, 0) is 0 Å². The van der Waals surface area contributed by atoms with Crippen LogP contribution in [0.1, 0.15) is 38.5 Å². The molecule has 0 spiro atoms. The Morgan fingerprint density at radius 3 is 2.61 bits per heavy atom. The Kier molecular flexibility index (Phi) is 4.36. The molecule has 0 aromatic carbocycles. The summed E-state index contributed by atoms with van der Waals surface area (Å²) in [6.07, 6.45) is 8.34. The minimum Gasteiger partial charge on any atom is -0.362 e. The van der Waals surface area contributed by atoms with E-state index >= 15 is 0 Å². The summed E-state index contributed by atoms with van der Waals surface area (Å²) in [7, 11) is 0. The van der Waals surface area contributed by atoms with Gasteiger partial charge < -0.3 is 5.32 Å². The molecule has 1 N–H and O–H groups in total. The van der Waals surface area contributed by atoms with Crippen molar-refractivity contribution in [2.24, 2.45) is 0 Å². The number of nitrogens with zero attached hydrogens (tertiary/aromatic N) is 2. The summed E-state index contributed by atoms with van der Waals surface area (Å²) in [5, 5.41) is 14.4. The third-order valence-electron chi connectivity index (χ3n) is 3.23. The largest absolute Gasteiger partial charge is 0.362 e. The van der Waals surface area contributed by atoms with E-state index < -0.39 is 4.92 Å². The molecular weight excluding hydrogens is 254 g/mol. The molecule has 1 aromatic heterocycles. The summed E-state index contributed by atoms with van der Waals surface area (Å²) in [6.45, 7) is 0. The minimum absolute atomic E-state index is 0.0493. The summed E-state index contributed by atoms with van der Waals surface area (Å²) in [4.78, 5) is 14.5.